The highest BCUT2D eigenvalue weighted by atomic mass is 16.3. The van der Waals surface area contributed by atoms with Crippen LogP contribution < -0.4 is 10.6 Å². The van der Waals surface area contributed by atoms with Crippen LogP contribution in [0.25, 0.3) is 0 Å². The summed E-state index contributed by atoms with van der Waals surface area (Å²) in [5, 5.41) is 16.4. The van der Waals surface area contributed by atoms with Gasteiger partial charge >= 0.3 is 0 Å². The number of piperidine rings is 1. The van der Waals surface area contributed by atoms with Crippen molar-refractivity contribution in [3.63, 3.8) is 0 Å². The zero-order valence-electron chi connectivity index (χ0n) is 12.0. The Morgan fingerprint density at radius 3 is 2.80 bits per heavy atom. The minimum atomic E-state index is -0.536. The molecule has 4 nitrogen and oxygen atoms in total. The van der Waals surface area contributed by atoms with Gasteiger partial charge in [-0.05, 0) is 38.3 Å². The quantitative estimate of drug-likeness (QED) is 0.768. The second kappa shape index (κ2) is 7.41. The van der Waals surface area contributed by atoms with Crippen molar-refractivity contribution in [3.05, 3.63) is 35.9 Å². The molecule has 1 aliphatic heterocycles. The summed E-state index contributed by atoms with van der Waals surface area (Å²) in [5.74, 6) is 0.0532. The van der Waals surface area contributed by atoms with Crippen LogP contribution in [-0.2, 0) is 4.79 Å². The van der Waals surface area contributed by atoms with Crippen LogP contribution in [0.15, 0.2) is 30.3 Å². The Morgan fingerprint density at radius 1 is 1.40 bits per heavy atom. The maximum Gasteiger partial charge on any atom is 0.237 e. The molecule has 3 N–H and O–H groups in total. The minimum Gasteiger partial charge on any atom is -0.388 e. The van der Waals surface area contributed by atoms with E-state index in [4.69, 9.17) is 0 Å². The highest BCUT2D eigenvalue weighted by Gasteiger charge is 2.22. The molecule has 1 heterocycles. The Hall–Kier alpha value is -1.39. The zero-order valence-corrected chi connectivity index (χ0v) is 12.0. The first-order valence-corrected chi connectivity index (χ1v) is 7.43. The number of hydrogen-bond donors (Lipinski definition) is 3. The smallest absolute Gasteiger partial charge is 0.237 e. The number of aliphatic hydroxyl groups is 1. The summed E-state index contributed by atoms with van der Waals surface area (Å²) in [4.78, 5) is 12.1. The number of nitrogens with one attached hydrogen (secondary N) is 2. The third-order valence-corrected chi connectivity index (χ3v) is 3.78. The van der Waals surface area contributed by atoms with E-state index in [0.717, 1.165) is 31.4 Å². The molecule has 0 bridgehead atoms. The first kappa shape index (κ1) is 15.0. The van der Waals surface area contributed by atoms with E-state index < -0.39 is 6.10 Å². The molecular weight excluding hydrogens is 252 g/mol. The third kappa shape index (κ3) is 4.32. The molecule has 1 aromatic rings. The van der Waals surface area contributed by atoms with Gasteiger partial charge < -0.3 is 15.7 Å². The lowest BCUT2D eigenvalue weighted by molar-refractivity contribution is -0.124. The van der Waals surface area contributed by atoms with Crippen LogP contribution in [-0.4, -0.2) is 29.6 Å². The fourth-order valence-electron chi connectivity index (χ4n) is 2.62. The molecular formula is C16H24N2O2. The van der Waals surface area contributed by atoms with E-state index in [1.165, 1.54) is 0 Å². The van der Waals surface area contributed by atoms with Crippen molar-refractivity contribution in [2.24, 2.45) is 0 Å². The molecule has 1 fully saturated rings. The van der Waals surface area contributed by atoms with Gasteiger partial charge in [0.25, 0.3) is 0 Å². The summed E-state index contributed by atoms with van der Waals surface area (Å²) in [6.07, 6.45) is 3.14. The van der Waals surface area contributed by atoms with Crippen LogP contribution >= 0.6 is 0 Å². The van der Waals surface area contributed by atoms with Gasteiger partial charge in [0.15, 0.2) is 0 Å². The predicted molar refractivity (Wildman–Crippen MR) is 79.3 cm³/mol. The number of benzene rings is 1. The van der Waals surface area contributed by atoms with Crippen molar-refractivity contribution in [3.8, 4) is 0 Å². The van der Waals surface area contributed by atoms with E-state index in [1.54, 1.807) is 0 Å². The maximum absolute atomic E-state index is 12.1. The average Bonchev–Trinajstić information content (AvgIpc) is 2.49. The molecule has 20 heavy (non-hydrogen) atoms. The number of amides is 1. The number of rotatable bonds is 5. The molecule has 1 aromatic carbocycles. The number of hydrogen-bond acceptors (Lipinski definition) is 3. The van der Waals surface area contributed by atoms with Crippen molar-refractivity contribution >= 4 is 5.91 Å². The Balaban J connectivity index is 1.79. The van der Waals surface area contributed by atoms with Crippen molar-refractivity contribution in [2.45, 2.75) is 50.8 Å². The van der Waals surface area contributed by atoms with Gasteiger partial charge in [0, 0.05) is 6.04 Å². The first-order chi connectivity index (χ1) is 9.66. The van der Waals surface area contributed by atoms with Crippen molar-refractivity contribution < 1.29 is 9.90 Å². The van der Waals surface area contributed by atoms with Crippen LogP contribution in [0.1, 0.15) is 44.3 Å². The Kier molecular flexibility index (Phi) is 5.56. The van der Waals surface area contributed by atoms with Crippen LogP contribution in [0.2, 0.25) is 0 Å². The molecule has 110 valence electrons. The molecule has 0 aliphatic carbocycles. The number of carbonyl (C=O) groups is 1. The summed E-state index contributed by atoms with van der Waals surface area (Å²) < 4.78 is 0. The lowest BCUT2D eigenvalue weighted by Crippen LogP contribution is -2.49. The summed E-state index contributed by atoms with van der Waals surface area (Å²) in [5.41, 5.74) is 0.893. The molecule has 2 rings (SSSR count). The molecule has 0 aromatic heterocycles. The molecule has 0 spiro atoms. The fraction of sp³-hybridized carbons (Fsp3) is 0.562. The van der Waals surface area contributed by atoms with E-state index in [9.17, 15) is 9.90 Å². The zero-order chi connectivity index (χ0) is 14.4. The third-order valence-electron chi connectivity index (χ3n) is 3.78. The Morgan fingerprint density at radius 2 is 2.15 bits per heavy atom. The number of aliphatic hydroxyl groups excluding tert-OH is 1. The predicted octanol–water partition coefficient (Wildman–Crippen LogP) is 1.76. The normalized spacial score (nSPS) is 22.0. The molecule has 3 atom stereocenters. The van der Waals surface area contributed by atoms with Gasteiger partial charge in [-0.25, -0.2) is 0 Å². The Bertz CT molecular complexity index is 416. The Labute approximate surface area is 120 Å². The highest BCUT2D eigenvalue weighted by Crippen LogP contribution is 2.18. The van der Waals surface area contributed by atoms with Crippen molar-refractivity contribution in [1.82, 2.24) is 10.6 Å². The molecule has 1 amide bonds. The lowest BCUT2D eigenvalue weighted by Gasteiger charge is -2.25. The van der Waals surface area contributed by atoms with E-state index in [1.807, 2.05) is 37.3 Å². The summed E-state index contributed by atoms with van der Waals surface area (Å²) in [6.45, 7) is 2.85. The van der Waals surface area contributed by atoms with Crippen molar-refractivity contribution in [2.75, 3.05) is 6.54 Å². The van der Waals surface area contributed by atoms with E-state index in [2.05, 4.69) is 10.6 Å². The average molecular weight is 276 g/mol. The topological polar surface area (TPSA) is 61.4 Å². The highest BCUT2D eigenvalue weighted by molar-refractivity contribution is 5.82. The van der Waals surface area contributed by atoms with Crippen LogP contribution in [0.5, 0.6) is 0 Å². The standard InChI is InChI=1S/C16H24N2O2/c1-12(11-15(19)13-7-3-2-4-8-13)18-16(20)14-9-5-6-10-17-14/h2-4,7-8,12,14-15,17,19H,5-6,9-11H2,1H3,(H,18,20). The van der Waals surface area contributed by atoms with Gasteiger partial charge in [-0.1, -0.05) is 36.8 Å². The molecule has 1 aliphatic rings. The SMILES string of the molecule is CC(CC(O)c1ccccc1)NC(=O)C1CCCCN1. The second-order valence-corrected chi connectivity index (χ2v) is 5.57. The lowest BCUT2D eigenvalue weighted by atomic mass is 10.0. The van der Waals surface area contributed by atoms with Gasteiger partial charge in [0.05, 0.1) is 12.1 Å². The number of carbonyl (C=O) groups excluding carboxylic acids is 1. The van der Waals surface area contributed by atoms with Gasteiger partial charge in [-0.2, -0.15) is 0 Å². The van der Waals surface area contributed by atoms with E-state index in [-0.39, 0.29) is 18.0 Å². The van der Waals surface area contributed by atoms with Crippen molar-refractivity contribution in [1.29, 1.82) is 0 Å². The van der Waals surface area contributed by atoms with E-state index in [0.29, 0.717) is 6.42 Å². The fourth-order valence-corrected chi connectivity index (χ4v) is 2.62. The van der Waals surface area contributed by atoms with Crippen LogP contribution in [0.3, 0.4) is 0 Å². The van der Waals surface area contributed by atoms with Crippen LogP contribution in [0.4, 0.5) is 0 Å². The summed E-state index contributed by atoms with van der Waals surface area (Å²) in [6, 6.07) is 9.45. The van der Waals surface area contributed by atoms with Gasteiger partial charge in [-0.3, -0.25) is 4.79 Å². The molecule has 4 heteroatoms. The summed E-state index contributed by atoms with van der Waals surface area (Å²) in [7, 11) is 0. The molecule has 1 saturated heterocycles. The van der Waals surface area contributed by atoms with Gasteiger partial charge in [-0.15, -0.1) is 0 Å². The first-order valence-electron chi connectivity index (χ1n) is 7.43. The maximum atomic E-state index is 12.1. The molecule has 0 radical (unpaired) electrons. The molecule has 0 saturated carbocycles. The minimum absolute atomic E-state index is 0.0403. The van der Waals surface area contributed by atoms with Gasteiger partial charge in [0.2, 0.25) is 5.91 Å². The van der Waals surface area contributed by atoms with Gasteiger partial charge in [0.1, 0.15) is 0 Å². The largest absolute Gasteiger partial charge is 0.388 e. The summed E-state index contributed by atoms with van der Waals surface area (Å²) >= 11 is 0. The molecule has 3 unspecified atom stereocenters. The van der Waals surface area contributed by atoms with Crippen LogP contribution in [0, 0.1) is 0 Å². The van der Waals surface area contributed by atoms with E-state index >= 15 is 0 Å². The monoisotopic (exact) mass is 276 g/mol. The second-order valence-electron chi connectivity index (χ2n) is 5.57.